The Morgan fingerprint density at radius 3 is 2.26 bits per heavy atom. The van der Waals surface area contributed by atoms with E-state index in [0.717, 1.165) is 0 Å². The van der Waals surface area contributed by atoms with Crippen LogP contribution in [-0.2, 0) is 21.0 Å². The molecule has 1 aromatic carbocycles. The molecule has 0 aliphatic rings. The lowest BCUT2D eigenvalue weighted by molar-refractivity contribution is 0.0695. The molecule has 0 aliphatic heterocycles. The van der Waals surface area contributed by atoms with Crippen molar-refractivity contribution in [1.82, 2.24) is 0 Å². The summed E-state index contributed by atoms with van der Waals surface area (Å²) in [6, 6.07) is 2.80. The number of alkyl halides is 3. The van der Waals surface area contributed by atoms with Gasteiger partial charge in [0.2, 0.25) is 3.79 Å². The van der Waals surface area contributed by atoms with E-state index in [1.807, 2.05) is 0 Å². The van der Waals surface area contributed by atoms with Crippen LogP contribution in [0, 0.1) is 0 Å². The first-order valence-electron chi connectivity index (χ1n) is 5.58. The van der Waals surface area contributed by atoms with Crippen LogP contribution in [0.5, 0.6) is 0 Å². The average Bonchev–Trinajstić information content (AvgIpc) is 2.34. The van der Waals surface area contributed by atoms with Gasteiger partial charge in [0.05, 0.1) is 21.3 Å². The maximum atomic E-state index is 12.2. The minimum Gasteiger partial charge on any atom is -0.478 e. The van der Waals surface area contributed by atoms with Gasteiger partial charge in [-0.1, -0.05) is 54.7 Å². The minimum absolute atomic E-state index is 0.0947. The molecule has 106 valence electrons. The Morgan fingerprint density at radius 1 is 1.32 bits per heavy atom. The second-order valence-electron chi connectivity index (χ2n) is 3.76. The van der Waals surface area contributed by atoms with Crippen molar-refractivity contribution in [2.24, 2.45) is 0 Å². The van der Waals surface area contributed by atoms with Crippen LogP contribution in [0.25, 0.3) is 0 Å². The molecule has 0 fully saturated rings. The van der Waals surface area contributed by atoms with Gasteiger partial charge in [0, 0.05) is 11.3 Å². The van der Waals surface area contributed by atoms with Crippen LogP contribution < -0.4 is 0 Å². The third-order valence-electron chi connectivity index (χ3n) is 2.64. The molecule has 0 saturated heterocycles. The van der Waals surface area contributed by atoms with E-state index in [1.54, 1.807) is 13.8 Å². The molecule has 1 N–H and O–H groups in total. The number of carboxylic acid groups (broad SMARTS) is 1. The molecule has 0 amide bonds. The van der Waals surface area contributed by atoms with Gasteiger partial charge in [-0.05, 0) is 18.1 Å². The molecule has 1 atom stereocenters. The smallest absolute Gasteiger partial charge is 0.336 e. The van der Waals surface area contributed by atoms with Crippen molar-refractivity contribution < 1.29 is 14.1 Å². The summed E-state index contributed by atoms with van der Waals surface area (Å²) >= 11 is 17.6. The molecule has 0 aromatic heterocycles. The van der Waals surface area contributed by atoms with Gasteiger partial charge in [-0.3, -0.25) is 4.21 Å². The Kier molecular flexibility index (Phi) is 5.68. The van der Waals surface area contributed by atoms with Gasteiger partial charge in [0.15, 0.2) is 0 Å². The summed E-state index contributed by atoms with van der Waals surface area (Å²) < 4.78 is 10.4. The molecule has 0 saturated carbocycles. The minimum atomic E-state index is -1.74. The maximum Gasteiger partial charge on any atom is 0.336 e. The third-order valence-corrected chi connectivity index (χ3v) is 4.70. The van der Waals surface area contributed by atoms with Gasteiger partial charge in [-0.25, -0.2) is 4.79 Å². The normalized spacial score (nSPS) is 13.3. The molecule has 0 radical (unpaired) electrons. The number of halogens is 3. The van der Waals surface area contributed by atoms with Crippen LogP contribution in [0.4, 0.5) is 0 Å². The highest BCUT2D eigenvalue weighted by Crippen LogP contribution is 2.42. The van der Waals surface area contributed by atoms with E-state index in [0.29, 0.717) is 22.6 Å². The summed E-state index contributed by atoms with van der Waals surface area (Å²) in [7, 11) is -1.40. The Labute approximate surface area is 129 Å². The molecule has 0 spiro atoms. The van der Waals surface area contributed by atoms with Gasteiger partial charge in [0.1, 0.15) is 0 Å². The number of hydrogen-bond acceptors (Lipinski definition) is 2. The van der Waals surface area contributed by atoms with Crippen molar-refractivity contribution in [2.45, 2.75) is 29.0 Å². The first kappa shape index (κ1) is 16.8. The lowest BCUT2D eigenvalue weighted by atomic mass is 10.0. The maximum absolute atomic E-state index is 12.2. The predicted molar refractivity (Wildman–Crippen MR) is 79.0 cm³/mol. The SMILES string of the molecule is CCc1c(C(=O)O)ccc(C(Cl)(Cl)Cl)c1[S@@](=O)CC. The Morgan fingerprint density at radius 2 is 1.89 bits per heavy atom. The third kappa shape index (κ3) is 3.63. The number of aromatic carboxylic acids is 1. The van der Waals surface area contributed by atoms with Crippen LogP contribution in [-0.4, -0.2) is 21.0 Å². The zero-order chi connectivity index (χ0) is 14.8. The summed E-state index contributed by atoms with van der Waals surface area (Å²) in [6.45, 7) is 3.51. The summed E-state index contributed by atoms with van der Waals surface area (Å²) in [5, 5.41) is 9.17. The van der Waals surface area contributed by atoms with E-state index < -0.39 is 20.6 Å². The van der Waals surface area contributed by atoms with Crippen molar-refractivity contribution in [2.75, 3.05) is 5.75 Å². The molecule has 1 aromatic rings. The van der Waals surface area contributed by atoms with Crippen LogP contribution >= 0.6 is 34.8 Å². The largest absolute Gasteiger partial charge is 0.478 e. The highest BCUT2D eigenvalue weighted by Gasteiger charge is 2.31. The van der Waals surface area contributed by atoms with E-state index >= 15 is 0 Å². The van der Waals surface area contributed by atoms with E-state index in [4.69, 9.17) is 34.8 Å². The summed E-state index contributed by atoms with van der Waals surface area (Å²) in [5.41, 5.74) is 0.827. The standard InChI is InChI=1S/C12H13Cl3O3S/c1-3-7-8(11(16)17)5-6-9(12(13,14)15)10(7)19(18)4-2/h5-6H,3-4H2,1-2H3,(H,16,17)/t19-/m0/s1. The van der Waals surface area contributed by atoms with Crippen LogP contribution in [0.2, 0.25) is 0 Å². The number of carbonyl (C=O) groups is 1. The quantitative estimate of drug-likeness (QED) is 0.844. The highest BCUT2D eigenvalue weighted by atomic mass is 35.6. The Bertz CT molecular complexity index is 524. The van der Waals surface area contributed by atoms with Crippen LogP contribution in [0.1, 0.15) is 35.3 Å². The van der Waals surface area contributed by atoms with Gasteiger partial charge in [0.25, 0.3) is 0 Å². The first-order chi connectivity index (χ1) is 8.73. The Balaban J connectivity index is 3.70. The molecule has 0 bridgehead atoms. The fourth-order valence-electron chi connectivity index (χ4n) is 1.81. The lowest BCUT2D eigenvalue weighted by Gasteiger charge is -2.20. The molecule has 1 rings (SSSR count). The molecule has 0 aliphatic carbocycles. The molecule has 19 heavy (non-hydrogen) atoms. The van der Waals surface area contributed by atoms with Gasteiger partial charge < -0.3 is 5.11 Å². The van der Waals surface area contributed by atoms with Crippen LogP contribution in [0.3, 0.4) is 0 Å². The average molecular weight is 344 g/mol. The van der Waals surface area contributed by atoms with Crippen LogP contribution in [0.15, 0.2) is 17.0 Å². The number of rotatable bonds is 4. The second-order valence-corrected chi connectivity index (χ2v) is 7.72. The molecule has 0 heterocycles. The zero-order valence-electron chi connectivity index (χ0n) is 10.4. The van der Waals surface area contributed by atoms with E-state index in [2.05, 4.69) is 0 Å². The van der Waals surface area contributed by atoms with E-state index in [1.165, 1.54) is 12.1 Å². The summed E-state index contributed by atoms with van der Waals surface area (Å²) in [5.74, 6) is -0.758. The van der Waals surface area contributed by atoms with Crippen molar-refractivity contribution in [3.63, 3.8) is 0 Å². The molecule has 3 nitrogen and oxygen atoms in total. The Hall–Kier alpha value is -0.290. The lowest BCUT2D eigenvalue weighted by Crippen LogP contribution is -2.14. The number of benzene rings is 1. The van der Waals surface area contributed by atoms with Crippen molar-refractivity contribution in [3.05, 3.63) is 28.8 Å². The fraction of sp³-hybridized carbons (Fsp3) is 0.417. The highest BCUT2D eigenvalue weighted by molar-refractivity contribution is 7.85. The predicted octanol–water partition coefficient (Wildman–Crippen LogP) is 3.90. The summed E-state index contributed by atoms with van der Waals surface area (Å²) in [4.78, 5) is 11.5. The molecule has 0 unspecified atom stereocenters. The zero-order valence-corrected chi connectivity index (χ0v) is 13.5. The topological polar surface area (TPSA) is 54.4 Å². The monoisotopic (exact) mass is 342 g/mol. The van der Waals surface area contributed by atoms with Crippen molar-refractivity contribution in [3.8, 4) is 0 Å². The number of carboxylic acids is 1. The molecular weight excluding hydrogens is 331 g/mol. The van der Waals surface area contributed by atoms with Gasteiger partial charge in [-0.15, -0.1) is 0 Å². The first-order valence-corrected chi connectivity index (χ1v) is 8.04. The second kappa shape index (κ2) is 6.44. The van der Waals surface area contributed by atoms with E-state index in [9.17, 15) is 14.1 Å². The molecule has 7 heteroatoms. The molecular formula is C12H13Cl3O3S. The summed E-state index contributed by atoms with van der Waals surface area (Å²) in [6.07, 6.45) is 0.400. The number of hydrogen-bond donors (Lipinski definition) is 1. The van der Waals surface area contributed by atoms with Gasteiger partial charge in [-0.2, -0.15) is 0 Å². The van der Waals surface area contributed by atoms with E-state index in [-0.39, 0.29) is 11.1 Å². The van der Waals surface area contributed by atoms with Crippen molar-refractivity contribution >= 4 is 51.6 Å². The van der Waals surface area contributed by atoms with Crippen molar-refractivity contribution in [1.29, 1.82) is 0 Å². The fourth-order valence-corrected chi connectivity index (χ4v) is 3.73. The van der Waals surface area contributed by atoms with Gasteiger partial charge >= 0.3 is 5.97 Å².